The van der Waals surface area contributed by atoms with Gasteiger partial charge in [-0.1, -0.05) is 38.3 Å². The van der Waals surface area contributed by atoms with Crippen LogP contribution >= 0.6 is 24.0 Å². The molecule has 0 N–H and O–H groups in total. The molecule has 2 saturated heterocycles. The molecule has 158 valence electrons. The van der Waals surface area contributed by atoms with E-state index in [2.05, 4.69) is 19.1 Å². The number of halogens is 1. The van der Waals surface area contributed by atoms with Gasteiger partial charge in [-0.05, 0) is 60.6 Å². The Labute approximate surface area is 186 Å². The molecule has 4 rings (SSSR count). The summed E-state index contributed by atoms with van der Waals surface area (Å²) in [6.45, 7) is 2.93. The first-order chi connectivity index (χ1) is 14.6. The number of benzene rings is 2. The van der Waals surface area contributed by atoms with E-state index in [1.165, 1.54) is 36.3 Å². The molecule has 7 heteroatoms. The van der Waals surface area contributed by atoms with Crippen LogP contribution in [0.4, 0.5) is 10.1 Å². The Kier molecular flexibility index (Phi) is 6.58. The molecular formula is C23H25FN2O2S2. The van der Waals surface area contributed by atoms with Gasteiger partial charge in [0.25, 0.3) is 5.91 Å². The van der Waals surface area contributed by atoms with Crippen LogP contribution in [0.1, 0.15) is 43.5 Å². The van der Waals surface area contributed by atoms with Crippen molar-refractivity contribution in [3.63, 3.8) is 0 Å². The van der Waals surface area contributed by atoms with E-state index in [4.69, 9.17) is 17.0 Å². The fraction of sp³-hybridized carbons (Fsp3) is 0.391. The molecular weight excluding hydrogens is 419 g/mol. The molecule has 2 heterocycles. The molecule has 2 atom stereocenters. The number of nitrogens with zero attached hydrogens (tertiary/aromatic N) is 2. The van der Waals surface area contributed by atoms with E-state index in [1.54, 1.807) is 23.9 Å². The Morgan fingerprint density at radius 1 is 1.10 bits per heavy atom. The Bertz CT molecular complexity index is 904. The minimum Gasteiger partial charge on any atom is -0.494 e. The molecule has 0 spiro atoms. The van der Waals surface area contributed by atoms with Crippen LogP contribution in [0.3, 0.4) is 0 Å². The number of anilines is 1. The Balaban J connectivity index is 1.44. The monoisotopic (exact) mass is 444 g/mol. The molecule has 2 aliphatic heterocycles. The smallest absolute Gasteiger partial charge is 0.257 e. The predicted molar refractivity (Wildman–Crippen MR) is 123 cm³/mol. The van der Waals surface area contributed by atoms with Crippen molar-refractivity contribution in [2.75, 3.05) is 17.3 Å². The summed E-state index contributed by atoms with van der Waals surface area (Å²) in [6.07, 6.45) is 4.72. The summed E-state index contributed by atoms with van der Waals surface area (Å²) in [4.78, 5) is 16.5. The summed E-state index contributed by atoms with van der Waals surface area (Å²) in [6, 6.07) is 13.7. The van der Waals surface area contributed by atoms with E-state index in [0.29, 0.717) is 16.6 Å². The van der Waals surface area contributed by atoms with E-state index in [9.17, 15) is 9.18 Å². The molecule has 0 unspecified atom stereocenters. The number of hydrogen-bond donors (Lipinski definition) is 0. The lowest BCUT2D eigenvalue weighted by molar-refractivity contribution is -0.119. The van der Waals surface area contributed by atoms with Crippen molar-refractivity contribution in [3.05, 3.63) is 59.9 Å². The Morgan fingerprint density at radius 3 is 2.53 bits per heavy atom. The Hall–Kier alpha value is -2.12. The lowest BCUT2D eigenvalue weighted by Gasteiger charge is -2.25. The molecule has 1 amide bonds. The van der Waals surface area contributed by atoms with Gasteiger partial charge in [0.1, 0.15) is 23.0 Å². The van der Waals surface area contributed by atoms with Gasteiger partial charge in [-0.2, -0.15) is 0 Å². The molecule has 2 aromatic rings. The predicted octanol–water partition coefficient (Wildman–Crippen LogP) is 5.53. The highest BCUT2D eigenvalue weighted by Crippen LogP contribution is 2.46. The highest BCUT2D eigenvalue weighted by Gasteiger charge is 2.50. The average molecular weight is 445 g/mol. The van der Waals surface area contributed by atoms with Crippen LogP contribution in [0.2, 0.25) is 0 Å². The molecule has 0 aromatic heterocycles. The number of fused-ring (bicyclic) bond motifs is 1. The van der Waals surface area contributed by atoms with E-state index >= 15 is 0 Å². The van der Waals surface area contributed by atoms with Crippen LogP contribution in [0.25, 0.3) is 0 Å². The quantitative estimate of drug-likeness (QED) is 0.395. The maximum Gasteiger partial charge on any atom is 0.257 e. The van der Waals surface area contributed by atoms with Gasteiger partial charge in [-0.3, -0.25) is 9.69 Å². The molecule has 2 fully saturated rings. The minimum absolute atomic E-state index is 0.0181. The summed E-state index contributed by atoms with van der Waals surface area (Å²) in [5.74, 6) is 1.16. The minimum atomic E-state index is -0.335. The number of thioether (sulfide) groups is 1. The third-order valence-corrected chi connectivity index (χ3v) is 7.15. The summed E-state index contributed by atoms with van der Waals surface area (Å²) < 4.78 is 19.1. The largest absolute Gasteiger partial charge is 0.494 e. The molecule has 30 heavy (non-hydrogen) atoms. The zero-order chi connectivity index (χ0) is 21.1. The van der Waals surface area contributed by atoms with E-state index in [-0.39, 0.29) is 23.1 Å². The van der Waals surface area contributed by atoms with Crippen molar-refractivity contribution in [1.29, 1.82) is 0 Å². The van der Waals surface area contributed by atoms with Gasteiger partial charge < -0.3 is 9.64 Å². The van der Waals surface area contributed by atoms with Gasteiger partial charge in [0.15, 0.2) is 5.11 Å². The lowest BCUT2D eigenvalue weighted by atomic mass is 10.2. The maximum atomic E-state index is 13.3. The zero-order valence-electron chi connectivity index (χ0n) is 16.9. The second-order valence-electron chi connectivity index (χ2n) is 7.52. The average Bonchev–Trinajstić information content (AvgIpc) is 3.30. The second-order valence-corrected chi connectivity index (χ2v) is 9.00. The summed E-state index contributed by atoms with van der Waals surface area (Å²) in [7, 11) is 0. The lowest BCUT2D eigenvalue weighted by Crippen LogP contribution is -2.33. The van der Waals surface area contributed by atoms with Crippen molar-refractivity contribution in [3.8, 4) is 5.75 Å². The van der Waals surface area contributed by atoms with Crippen LogP contribution in [-0.4, -0.2) is 34.3 Å². The molecule has 0 aliphatic carbocycles. The summed E-state index contributed by atoms with van der Waals surface area (Å²) in [5.41, 5.74) is 1.70. The summed E-state index contributed by atoms with van der Waals surface area (Å²) in [5, 5.41) is 0.457. The highest BCUT2D eigenvalue weighted by molar-refractivity contribution is 7.99. The number of hydrogen-bond acceptors (Lipinski definition) is 4. The number of rotatable bonds is 8. The van der Waals surface area contributed by atoms with Crippen molar-refractivity contribution in [2.24, 2.45) is 0 Å². The maximum absolute atomic E-state index is 13.3. The second kappa shape index (κ2) is 9.35. The van der Waals surface area contributed by atoms with Crippen LogP contribution in [0.15, 0.2) is 48.5 Å². The van der Waals surface area contributed by atoms with Gasteiger partial charge >= 0.3 is 0 Å². The van der Waals surface area contributed by atoms with Crippen LogP contribution in [0.5, 0.6) is 5.75 Å². The number of thiocarbonyl (C=S) groups is 1. The third-order valence-electron chi connectivity index (χ3n) is 5.43. The topological polar surface area (TPSA) is 32.8 Å². The van der Waals surface area contributed by atoms with Crippen molar-refractivity contribution < 1.29 is 13.9 Å². The molecule has 0 saturated carbocycles. The third kappa shape index (κ3) is 4.18. The Morgan fingerprint density at radius 2 is 1.83 bits per heavy atom. The van der Waals surface area contributed by atoms with Gasteiger partial charge in [0.05, 0.1) is 12.3 Å². The first kappa shape index (κ1) is 21.1. The first-order valence-corrected chi connectivity index (χ1v) is 11.8. The molecule has 0 bridgehead atoms. The molecule has 0 radical (unpaired) electrons. The van der Waals surface area contributed by atoms with Crippen LogP contribution in [0, 0.1) is 5.82 Å². The van der Waals surface area contributed by atoms with Gasteiger partial charge in [-0.25, -0.2) is 4.39 Å². The van der Waals surface area contributed by atoms with E-state index in [1.807, 2.05) is 17.0 Å². The van der Waals surface area contributed by atoms with Crippen molar-refractivity contribution in [1.82, 2.24) is 4.90 Å². The highest BCUT2D eigenvalue weighted by atomic mass is 32.2. The van der Waals surface area contributed by atoms with Crippen molar-refractivity contribution in [2.45, 2.75) is 44.0 Å². The molecule has 4 nitrogen and oxygen atoms in total. The zero-order valence-corrected chi connectivity index (χ0v) is 18.6. The van der Waals surface area contributed by atoms with Crippen LogP contribution in [-0.2, 0) is 4.79 Å². The van der Waals surface area contributed by atoms with Gasteiger partial charge in [-0.15, -0.1) is 11.8 Å². The number of unbranched alkanes of at least 4 members (excludes halogenated alkanes) is 3. The normalized spacial score (nSPS) is 20.7. The van der Waals surface area contributed by atoms with E-state index in [0.717, 1.165) is 24.3 Å². The number of ether oxygens (including phenoxy) is 1. The van der Waals surface area contributed by atoms with E-state index < -0.39 is 0 Å². The van der Waals surface area contributed by atoms with Gasteiger partial charge in [0, 0.05) is 5.75 Å². The SMILES string of the molecule is CCCCCCOc1ccc([C@@H]2SC[C@H]3C(=O)N(c4ccc(F)cc4)C(=S)N32)cc1. The number of carbonyl (C=O) groups excluding carboxylic acids is 1. The van der Waals surface area contributed by atoms with Crippen molar-refractivity contribution >= 4 is 40.7 Å². The number of carbonyl (C=O) groups is 1. The van der Waals surface area contributed by atoms with Crippen LogP contribution < -0.4 is 9.64 Å². The standard InChI is InChI=1S/C23H25FN2O2S2/c1-2-3-4-5-14-28-19-12-6-16(7-13-19)22-26-20(15-30-22)21(27)25(23(26)29)18-10-8-17(24)9-11-18/h6-13,20,22H,2-5,14-15H2,1H3/t20-,22-/m0/s1. The molecule has 2 aromatic carbocycles. The fourth-order valence-corrected chi connectivity index (χ4v) is 5.74. The summed E-state index contributed by atoms with van der Waals surface area (Å²) >= 11 is 7.38. The number of amides is 1. The molecule has 2 aliphatic rings. The fourth-order valence-electron chi connectivity index (χ4n) is 3.82. The van der Waals surface area contributed by atoms with Gasteiger partial charge in [0.2, 0.25) is 0 Å². The first-order valence-electron chi connectivity index (χ1n) is 10.4.